The summed E-state index contributed by atoms with van der Waals surface area (Å²) >= 11 is 5.27. The molecule has 2 heterocycles. The molecule has 0 aromatic carbocycles. The van der Waals surface area contributed by atoms with E-state index in [0.717, 1.165) is 37.7 Å². The summed E-state index contributed by atoms with van der Waals surface area (Å²) in [5.41, 5.74) is 0. The average molecular weight is 228 g/mol. The number of thiocarbonyl (C=S) groups is 1. The number of rotatable bonds is 4. The van der Waals surface area contributed by atoms with E-state index in [-0.39, 0.29) is 0 Å². The Morgan fingerprint density at radius 1 is 1.47 bits per heavy atom. The fourth-order valence-corrected chi connectivity index (χ4v) is 2.63. The predicted octanol–water partition coefficient (Wildman–Crippen LogP) is 1.13. The third-order valence-electron chi connectivity index (χ3n) is 3.23. The molecule has 15 heavy (non-hydrogen) atoms. The lowest BCUT2D eigenvalue weighted by atomic mass is 10.3. The van der Waals surface area contributed by atoms with E-state index in [1.807, 2.05) is 0 Å². The average Bonchev–Trinajstić information content (AvgIpc) is 2.77. The van der Waals surface area contributed by atoms with Crippen LogP contribution in [-0.4, -0.2) is 60.7 Å². The van der Waals surface area contributed by atoms with Crippen molar-refractivity contribution in [1.29, 1.82) is 0 Å². The minimum absolute atomic E-state index is 0.450. The van der Waals surface area contributed by atoms with Crippen LogP contribution in [0.4, 0.5) is 0 Å². The Labute approximate surface area is 97.4 Å². The molecule has 0 radical (unpaired) electrons. The molecule has 0 aromatic heterocycles. The van der Waals surface area contributed by atoms with Crippen LogP contribution in [0.3, 0.4) is 0 Å². The monoisotopic (exact) mass is 228 g/mol. The van der Waals surface area contributed by atoms with Crippen LogP contribution in [0, 0.1) is 0 Å². The Bertz CT molecular complexity index is 235. The molecule has 2 saturated heterocycles. The van der Waals surface area contributed by atoms with Gasteiger partial charge in [-0.1, -0.05) is 12.2 Å². The summed E-state index contributed by atoms with van der Waals surface area (Å²) in [6, 6.07) is 0. The number of likely N-dealkylation sites (tertiary alicyclic amines) is 2. The van der Waals surface area contributed by atoms with Crippen molar-refractivity contribution in [2.24, 2.45) is 0 Å². The van der Waals surface area contributed by atoms with Gasteiger partial charge in [-0.15, -0.1) is 0 Å². The molecule has 2 rings (SSSR count). The SMILES string of the molecule is CN1CCC(OCCN2CCCC2=S)C1. The maximum atomic E-state index is 5.84. The summed E-state index contributed by atoms with van der Waals surface area (Å²) in [6.07, 6.45) is 3.96. The van der Waals surface area contributed by atoms with Gasteiger partial charge in [0, 0.05) is 26.2 Å². The Balaban J connectivity index is 1.60. The van der Waals surface area contributed by atoms with Crippen LogP contribution in [-0.2, 0) is 4.74 Å². The van der Waals surface area contributed by atoms with Gasteiger partial charge in [0.2, 0.25) is 0 Å². The van der Waals surface area contributed by atoms with Crippen LogP contribution in [0.2, 0.25) is 0 Å². The largest absolute Gasteiger partial charge is 0.375 e. The van der Waals surface area contributed by atoms with Crippen molar-refractivity contribution >= 4 is 17.2 Å². The number of ether oxygens (including phenoxy) is 1. The minimum Gasteiger partial charge on any atom is -0.375 e. The van der Waals surface area contributed by atoms with Gasteiger partial charge in [0.1, 0.15) is 0 Å². The van der Waals surface area contributed by atoms with Crippen molar-refractivity contribution in [3.63, 3.8) is 0 Å². The van der Waals surface area contributed by atoms with E-state index in [1.165, 1.54) is 19.4 Å². The quantitative estimate of drug-likeness (QED) is 0.670. The van der Waals surface area contributed by atoms with Gasteiger partial charge in [-0.25, -0.2) is 0 Å². The van der Waals surface area contributed by atoms with Gasteiger partial charge in [0.25, 0.3) is 0 Å². The molecule has 2 aliphatic rings. The van der Waals surface area contributed by atoms with Crippen LogP contribution in [0.15, 0.2) is 0 Å². The zero-order chi connectivity index (χ0) is 10.7. The van der Waals surface area contributed by atoms with E-state index in [4.69, 9.17) is 17.0 Å². The molecule has 0 N–H and O–H groups in total. The smallest absolute Gasteiger partial charge is 0.0780 e. The van der Waals surface area contributed by atoms with Crippen molar-refractivity contribution in [1.82, 2.24) is 9.80 Å². The van der Waals surface area contributed by atoms with E-state index < -0.39 is 0 Å². The van der Waals surface area contributed by atoms with Gasteiger partial charge in [-0.3, -0.25) is 0 Å². The molecular weight excluding hydrogens is 208 g/mol. The summed E-state index contributed by atoms with van der Waals surface area (Å²) in [5, 5.41) is 0. The summed E-state index contributed by atoms with van der Waals surface area (Å²) < 4.78 is 5.84. The molecule has 3 nitrogen and oxygen atoms in total. The highest BCUT2D eigenvalue weighted by Gasteiger charge is 2.21. The van der Waals surface area contributed by atoms with E-state index in [2.05, 4.69) is 16.8 Å². The summed E-state index contributed by atoms with van der Waals surface area (Å²) in [6.45, 7) is 5.21. The highest BCUT2D eigenvalue weighted by atomic mass is 32.1. The number of hydrogen-bond acceptors (Lipinski definition) is 3. The summed E-state index contributed by atoms with van der Waals surface area (Å²) in [5.74, 6) is 0. The first-order chi connectivity index (χ1) is 7.25. The molecule has 0 bridgehead atoms. The van der Waals surface area contributed by atoms with Crippen LogP contribution >= 0.6 is 12.2 Å². The lowest BCUT2D eigenvalue weighted by Crippen LogP contribution is -2.29. The Hall–Kier alpha value is -0.190. The topological polar surface area (TPSA) is 15.7 Å². The lowest BCUT2D eigenvalue weighted by Gasteiger charge is -2.19. The maximum absolute atomic E-state index is 5.84. The Morgan fingerprint density at radius 2 is 2.33 bits per heavy atom. The zero-order valence-electron chi connectivity index (χ0n) is 9.45. The van der Waals surface area contributed by atoms with Crippen molar-refractivity contribution in [2.75, 3.05) is 39.8 Å². The molecule has 2 fully saturated rings. The molecule has 0 amide bonds. The Kier molecular flexibility index (Phi) is 3.94. The fraction of sp³-hybridized carbons (Fsp3) is 0.909. The third kappa shape index (κ3) is 3.13. The van der Waals surface area contributed by atoms with Gasteiger partial charge in [0.05, 0.1) is 17.7 Å². The van der Waals surface area contributed by atoms with E-state index in [0.29, 0.717) is 6.10 Å². The van der Waals surface area contributed by atoms with Crippen molar-refractivity contribution in [3.8, 4) is 0 Å². The summed E-state index contributed by atoms with van der Waals surface area (Å²) in [7, 11) is 2.15. The molecule has 0 spiro atoms. The van der Waals surface area contributed by atoms with Crippen LogP contribution < -0.4 is 0 Å². The van der Waals surface area contributed by atoms with Crippen LogP contribution in [0.1, 0.15) is 19.3 Å². The van der Waals surface area contributed by atoms with Crippen LogP contribution in [0.25, 0.3) is 0 Å². The van der Waals surface area contributed by atoms with Gasteiger partial charge < -0.3 is 14.5 Å². The molecule has 2 aliphatic heterocycles. The predicted molar refractivity (Wildman–Crippen MR) is 65.3 cm³/mol. The Morgan fingerprint density at radius 3 is 2.93 bits per heavy atom. The van der Waals surface area contributed by atoms with E-state index in [1.54, 1.807) is 0 Å². The first-order valence-corrected chi connectivity index (χ1v) is 6.24. The number of nitrogens with zero attached hydrogens (tertiary/aromatic N) is 2. The highest BCUT2D eigenvalue weighted by Crippen LogP contribution is 2.13. The van der Waals surface area contributed by atoms with Crippen molar-refractivity contribution < 1.29 is 4.74 Å². The van der Waals surface area contributed by atoms with Crippen LogP contribution in [0.5, 0.6) is 0 Å². The second-order valence-corrected chi connectivity index (χ2v) is 5.00. The molecule has 1 unspecified atom stereocenters. The van der Waals surface area contributed by atoms with Gasteiger partial charge in [0.15, 0.2) is 0 Å². The van der Waals surface area contributed by atoms with Crippen molar-refractivity contribution in [3.05, 3.63) is 0 Å². The molecule has 4 heteroatoms. The second kappa shape index (κ2) is 5.23. The zero-order valence-corrected chi connectivity index (χ0v) is 10.3. The standard InChI is InChI=1S/C11H20N2OS/c1-12-6-4-10(9-12)14-8-7-13-5-2-3-11(13)15/h10H,2-9H2,1H3. The van der Waals surface area contributed by atoms with Gasteiger partial charge in [-0.05, 0) is 26.3 Å². The lowest BCUT2D eigenvalue weighted by molar-refractivity contribution is 0.0545. The van der Waals surface area contributed by atoms with Gasteiger partial charge in [-0.2, -0.15) is 0 Å². The first-order valence-electron chi connectivity index (χ1n) is 5.83. The highest BCUT2D eigenvalue weighted by molar-refractivity contribution is 7.80. The molecule has 86 valence electrons. The number of hydrogen-bond donors (Lipinski definition) is 0. The molecular formula is C11H20N2OS. The fourth-order valence-electron chi connectivity index (χ4n) is 2.30. The molecule has 0 aromatic rings. The molecule has 1 atom stereocenters. The minimum atomic E-state index is 0.450. The molecule has 0 aliphatic carbocycles. The summed E-state index contributed by atoms with van der Waals surface area (Å²) in [4.78, 5) is 5.74. The van der Waals surface area contributed by atoms with E-state index in [9.17, 15) is 0 Å². The van der Waals surface area contributed by atoms with E-state index >= 15 is 0 Å². The normalized spacial score (nSPS) is 27.9. The molecule has 0 saturated carbocycles. The number of likely N-dealkylation sites (N-methyl/N-ethyl adjacent to an activating group) is 1. The first kappa shape index (κ1) is 11.3. The second-order valence-electron chi connectivity index (χ2n) is 4.53. The van der Waals surface area contributed by atoms with Crippen molar-refractivity contribution in [2.45, 2.75) is 25.4 Å². The third-order valence-corrected chi connectivity index (χ3v) is 3.70. The maximum Gasteiger partial charge on any atom is 0.0780 e. The van der Waals surface area contributed by atoms with Gasteiger partial charge >= 0.3 is 0 Å².